The Labute approximate surface area is 89.7 Å². The lowest BCUT2D eigenvalue weighted by Gasteiger charge is -2.24. The monoisotopic (exact) mass is 202 g/mol. The zero-order valence-electron chi connectivity index (χ0n) is 8.95. The average Bonchev–Trinajstić information content (AvgIpc) is 2.27. The van der Waals surface area contributed by atoms with E-state index in [-0.39, 0.29) is 6.04 Å². The lowest BCUT2D eigenvalue weighted by Crippen LogP contribution is -2.29. The van der Waals surface area contributed by atoms with Crippen LogP contribution in [0.2, 0.25) is 0 Å². The van der Waals surface area contributed by atoms with Crippen LogP contribution < -0.4 is 10.1 Å². The van der Waals surface area contributed by atoms with E-state index >= 15 is 0 Å². The molecule has 1 atom stereocenters. The van der Waals surface area contributed by atoms with Gasteiger partial charge in [0.15, 0.2) is 0 Å². The van der Waals surface area contributed by atoms with Crippen LogP contribution in [0.3, 0.4) is 0 Å². The molecule has 1 heterocycles. The van der Waals surface area contributed by atoms with E-state index in [4.69, 9.17) is 10.00 Å². The molecule has 0 fully saturated rings. The Balaban J connectivity index is 2.31. The molecule has 0 saturated heterocycles. The maximum absolute atomic E-state index is 8.80. The van der Waals surface area contributed by atoms with Gasteiger partial charge in [0.05, 0.1) is 11.8 Å². The molecule has 2 rings (SSSR count). The SMILES string of the molecule is CC(C)c1ccc2c(c1)NC(C#N)CO2. The van der Waals surface area contributed by atoms with Crippen molar-refractivity contribution in [3.8, 4) is 11.8 Å². The second-order valence-corrected chi connectivity index (χ2v) is 4.05. The topological polar surface area (TPSA) is 45.0 Å². The third-order valence-corrected chi connectivity index (χ3v) is 2.56. The van der Waals surface area contributed by atoms with Gasteiger partial charge in [-0.3, -0.25) is 0 Å². The van der Waals surface area contributed by atoms with E-state index in [1.165, 1.54) is 5.56 Å². The summed E-state index contributed by atoms with van der Waals surface area (Å²) < 4.78 is 5.48. The predicted molar refractivity (Wildman–Crippen MR) is 59.0 cm³/mol. The number of anilines is 1. The standard InChI is InChI=1S/C12H14N2O/c1-8(2)9-3-4-12-11(5-9)14-10(6-13)7-15-12/h3-5,8,10,14H,7H2,1-2H3. The third-order valence-electron chi connectivity index (χ3n) is 2.56. The molecule has 1 N–H and O–H groups in total. The molecule has 0 spiro atoms. The number of rotatable bonds is 1. The van der Waals surface area contributed by atoms with Crippen LogP contribution in [0, 0.1) is 11.3 Å². The van der Waals surface area contributed by atoms with Crippen LogP contribution in [0.4, 0.5) is 5.69 Å². The highest BCUT2D eigenvalue weighted by molar-refractivity contribution is 5.61. The van der Waals surface area contributed by atoms with Crippen molar-refractivity contribution in [2.45, 2.75) is 25.8 Å². The molecule has 1 aliphatic heterocycles. The first-order valence-corrected chi connectivity index (χ1v) is 5.13. The molecule has 78 valence electrons. The first-order valence-electron chi connectivity index (χ1n) is 5.13. The van der Waals surface area contributed by atoms with Crippen molar-refractivity contribution in [1.29, 1.82) is 5.26 Å². The van der Waals surface area contributed by atoms with Gasteiger partial charge in [0.1, 0.15) is 18.4 Å². The minimum Gasteiger partial charge on any atom is -0.488 e. The van der Waals surface area contributed by atoms with Crippen LogP contribution in [0.5, 0.6) is 5.75 Å². The fourth-order valence-corrected chi connectivity index (χ4v) is 1.62. The van der Waals surface area contributed by atoms with Gasteiger partial charge in [0.2, 0.25) is 0 Å². The van der Waals surface area contributed by atoms with Crippen LogP contribution >= 0.6 is 0 Å². The van der Waals surface area contributed by atoms with Crippen molar-refractivity contribution in [3.63, 3.8) is 0 Å². The molecule has 3 nitrogen and oxygen atoms in total. The quantitative estimate of drug-likeness (QED) is 0.761. The molecule has 0 amide bonds. The number of fused-ring (bicyclic) bond motifs is 1. The Morgan fingerprint density at radius 3 is 3.00 bits per heavy atom. The van der Waals surface area contributed by atoms with Gasteiger partial charge in [-0.25, -0.2) is 0 Å². The lowest BCUT2D eigenvalue weighted by molar-refractivity contribution is 0.304. The largest absolute Gasteiger partial charge is 0.488 e. The highest BCUT2D eigenvalue weighted by Crippen LogP contribution is 2.31. The fraction of sp³-hybridized carbons (Fsp3) is 0.417. The van der Waals surface area contributed by atoms with E-state index in [0.29, 0.717) is 12.5 Å². The van der Waals surface area contributed by atoms with E-state index in [9.17, 15) is 0 Å². The predicted octanol–water partition coefficient (Wildman–Crippen LogP) is 2.51. The van der Waals surface area contributed by atoms with Crippen LogP contribution in [-0.4, -0.2) is 12.6 Å². The van der Waals surface area contributed by atoms with Gasteiger partial charge in [-0.1, -0.05) is 19.9 Å². The first kappa shape index (κ1) is 9.85. The second-order valence-electron chi connectivity index (χ2n) is 4.05. The van der Waals surface area contributed by atoms with Crippen LogP contribution in [0.15, 0.2) is 18.2 Å². The second kappa shape index (κ2) is 3.82. The third kappa shape index (κ3) is 1.89. The van der Waals surface area contributed by atoms with Crippen LogP contribution in [0.25, 0.3) is 0 Å². The summed E-state index contributed by atoms with van der Waals surface area (Å²) in [7, 11) is 0. The summed E-state index contributed by atoms with van der Waals surface area (Å²) in [6.45, 7) is 4.71. The molecule has 15 heavy (non-hydrogen) atoms. The zero-order valence-corrected chi connectivity index (χ0v) is 8.95. The molecule has 1 unspecified atom stereocenters. The van der Waals surface area contributed by atoms with Gasteiger partial charge in [-0.15, -0.1) is 0 Å². The van der Waals surface area contributed by atoms with Crippen LogP contribution in [-0.2, 0) is 0 Å². The molecule has 0 radical (unpaired) electrons. The Morgan fingerprint density at radius 2 is 2.33 bits per heavy atom. The summed E-state index contributed by atoms with van der Waals surface area (Å²) in [4.78, 5) is 0. The number of hydrogen-bond acceptors (Lipinski definition) is 3. The molecular weight excluding hydrogens is 188 g/mol. The molecule has 0 saturated carbocycles. The maximum Gasteiger partial charge on any atom is 0.149 e. The van der Waals surface area contributed by atoms with Crippen molar-refractivity contribution < 1.29 is 4.74 Å². The van der Waals surface area contributed by atoms with E-state index in [2.05, 4.69) is 37.4 Å². The Morgan fingerprint density at radius 1 is 1.53 bits per heavy atom. The normalized spacial score (nSPS) is 18.7. The van der Waals surface area contributed by atoms with Crippen molar-refractivity contribution in [2.24, 2.45) is 0 Å². The Hall–Kier alpha value is -1.69. The summed E-state index contributed by atoms with van der Waals surface area (Å²) in [6, 6.07) is 8.01. The summed E-state index contributed by atoms with van der Waals surface area (Å²) in [5.74, 6) is 1.32. The van der Waals surface area contributed by atoms with Crippen molar-refractivity contribution >= 4 is 5.69 Å². The lowest BCUT2D eigenvalue weighted by atomic mass is 10.0. The molecule has 0 aromatic heterocycles. The first-order chi connectivity index (χ1) is 7.20. The number of nitrogens with one attached hydrogen (secondary N) is 1. The van der Waals surface area contributed by atoms with Gasteiger partial charge in [-0.2, -0.15) is 5.26 Å². The number of nitriles is 1. The molecule has 1 aromatic rings. The molecule has 1 aliphatic rings. The molecule has 3 heteroatoms. The minimum absolute atomic E-state index is 0.236. The summed E-state index contributed by atoms with van der Waals surface area (Å²) in [5, 5.41) is 12.0. The summed E-state index contributed by atoms with van der Waals surface area (Å²) >= 11 is 0. The maximum atomic E-state index is 8.80. The summed E-state index contributed by atoms with van der Waals surface area (Å²) in [6.07, 6.45) is 0. The highest BCUT2D eigenvalue weighted by atomic mass is 16.5. The van der Waals surface area contributed by atoms with E-state index < -0.39 is 0 Å². The molecular formula is C12H14N2O. The molecule has 1 aromatic carbocycles. The van der Waals surface area contributed by atoms with Gasteiger partial charge in [-0.05, 0) is 23.6 Å². The number of nitrogens with zero attached hydrogens (tertiary/aromatic N) is 1. The van der Waals surface area contributed by atoms with Gasteiger partial charge < -0.3 is 10.1 Å². The average molecular weight is 202 g/mol. The Kier molecular flexibility index (Phi) is 2.51. The van der Waals surface area contributed by atoms with Crippen molar-refractivity contribution in [2.75, 3.05) is 11.9 Å². The van der Waals surface area contributed by atoms with Crippen LogP contribution in [0.1, 0.15) is 25.3 Å². The number of ether oxygens (including phenoxy) is 1. The summed E-state index contributed by atoms with van der Waals surface area (Å²) in [5.41, 5.74) is 2.18. The molecule has 0 aliphatic carbocycles. The van der Waals surface area contributed by atoms with Gasteiger partial charge in [0, 0.05) is 0 Å². The van der Waals surface area contributed by atoms with E-state index in [1.54, 1.807) is 0 Å². The van der Waals surface area contributed by atoms with Crippen molar-refractivity contribution in [1.82, 2.24) is 0 Å². The fourth-order valence-electron chi connectivity index (χ4n) is 1.62. The highest BCUT2D eigenvalue weighted by Gasteiger charge is 2.18. The molecule has 0 bridgehead atoms. The van der Waals surface area contributed by atoms with Crippen molar-refractivity contribution in [3.05, 3.63) is 23.8 Å². The zero-order chi connectivity index (χ0) is 10.8. The van der Waals surface area contributed by atoms with E-state index in [0.717, 1.165) is 11.4 Å². The number of hydrogen-bond donors (Lipinski definition) is 1. The number of benzene rings is 1. The smallest absolute Gasteiger partial charge is 0.149 e. The Bertz CT molecular complexity index is 407. The minimum atomic E-state index is -0.236. The van der Waals surface area contributed by atoms with Gasteiger partial charge in [0.25, 0.3) is 0 Å². The van der Waals surface area contributed by atoms with E-state index in [1.807, 2.05) is 6.07 Å². The van der Waals surface area contributed by atoms with Gasteiger partial charge >= 0.3 is 0 Å².